The number of anilines is 2. The second kappa shape index (κ2) is 11.7. The molecular weight excluding hydrogens is 510 g/mol. The van der Waals surface area contributed by atoms with Crippen molar-refractivity contribution in [1.29, 1.82) is 0 Å². The van der Waals surface area contributed by atoms with Crippen molar-refractivity contribution in [2.75, 3.05) is 56.2 Å². The summed E-state index contributed by atoms with van der Waals surface area (Å²) in [6, 6.07) is 14.6. The van der Waals surface area contributed by atoms with E-state index in [9.17, 15) is 14.4 Å². The van der Waals surface area contributed by atoms with Gasteiger partial charge in [0.1, 0.15) is 5.76 Å². The molecule has 2 bridgehead atoms. The Morgan fingerprint density at radius 1 is 1.00 bits per heavy atom. The van der Waals surface area contributed by atoms with E-state index >= 15 is 0 Å². The van der Waals surface area contributed by atoms with Crippen molar-refractivity contribution in [3.05, 3.63) is 82.2 Å². The van der Waals surface area contributed by atoms with Gasteiger partial charge in [-0.3, -0.25) is 19.3 Å². The standard InChI is InChI=1S/C30H35N5O5/c36-28(8-9-33-10-13-39-14-11-33)32-25-16-22(30(38)31-17-24-3-2-12-40-24)6-7-27(25)34-18-21-15-23(20-34)26-4-1-5-29(37)35(26)19-21/h1-7,12,16,21,23H,8-11,13-15,17-20H2,(H,31,38)(H,32,36)/t21-,23+/m1/s1. The first-order valence-electron chi connectivity index (χ1n) is 14.0. The SMILES string of the molecule is O=C(CCN1CCOCC1)Nc1cc(C(=O)NCc2ccco2)ccc1N1C[C@H]2C[C@@H](C1)c1cccc(=O)n1C2. The largest absolute Gasteiger partial charge is 0.467 e. The molecule has 3 aromatic rings. The Bertz CT molecular complexity index is 1410. The van der Waals surface area contributed by atoms with Crippen molar-refractivity contribution in [2.45, 2.75) is 31.8 Å². The van der Waals surface area contributed by atoms with Crippen LogP contribution in [0.2, 0.25) is 0 Å². The summed E-state index contributed by atoms with van der Waals surface area (Å²) in [5, 5.41) is 6.00. The number of hydrogen-bond donors (Lipinski definition) is 2. The molecule has 0 unspecified atom stereocenters. The van der Waals surface area contributed by atoms with Crippen LogP contribution in [-0.4, -0.2) is 67.2 Å². The van der Waals surface area contributed by atoms with E-state index < -0.39 is 0 Å². The second-order valence-corrected chi connectivity index (χ2v) is 10.8. The van der Waals surface area contributed by atoms with E-state index in [1.807, 2.05) is 28.8 Å². The smallest absolute Gasteiger partial charge is 0.251 e. The zero-order valence-electron chi connectivity index (χ0n) is 22.5. The number of morpholine rings is 1. The Hall–Kier alpha value is -3.89. The van der Waals surface area contributed by atoms with Crippen LogP contribution in [0.4, 0.5) is 11.4 Å². The Morgan fingerprint density at radius 3 is 2.70 bits per heavy atom. The summed E-state index contributed by atoms with van der Waals surface area (Å²) in [5.74, 6) is 0.890. The number of furan rings is 1. The molecule has 5 heterocycles. The van der Waals surface area contributed by atoms with Crippen LogP contribution in [0.15, 0.2) is 64.0 Å². The zero-order chi connectivity index (χ0) is 27.5. The maximum absolute atomic E-state index is 13.1. The summed E-state index contributed by atoms with van der Waals surface area (Å²) in [4.78, 5) is 43.1. The molecule has 0 saturated carbocycles. The van der Waals surface area contributed by atoms with E-state index in [4.69, 9.17) is 9.15 Å². The summed E-state index contributed by atoms with van der Waals surface area (Å²) < 4.78 is 12.7. The van der Waals surface area contributed by atoms with E-state index in [1.165, 1.54) is 0 Å². The first kappa shape index (κ1) is 26.3. The number of nitrogens with zero attached hydrogens (tertiary/aromatic N) is 3. The Kier molecular flexibility index (Phi) is 7.70. The minimum atomic E-state index is -0.240. The number of amides is 2. The Labute approximate surface area is 232 Å². The monoisotopic (exact) mass is 545 g/mol. The van der Waals surface area contributed by atoms with Crippen LogP contribution in [0.1, 0.15) is 40.6 Å². The molecule has 40 heavy (non-hydrogen) atoms. The molecule has 6 rings (SSSR count). The second-order valence-electron chi connectivity index (χ2n) is 10.8. The third-order valence-corrected chi connectivity index (χ3v) is 8.12. The predicted octanol–water partition coefficient (Wildman–Crippen LogP) is 2.66. The van der Waals surface area contributed by atoms with Crippen LogP contribution in [0.5, 0.6) is 0 Å². The van der Waals surface area contributed by atoms with Crippen LogP contribution in [0.3, 0.4) is 0 Å². The molecule has 2 N–H and O–H groups in total. The van der Waals surface area contributed by atoms with E-state index in [0.717, 1.165) is 44.0 Å². The highest BCUT2D eigenvalue weighted by Gasteiger charge is 2.35. The summed E-state index contributed by atoms with van der Waals surface area (Å²) in [6.07, 6.45) is 2.97. The molecule has 10 nitrogen and oxygen atoms in total. The van der Waals surface area contributed by atoms with Gasteiger partial charge < -0.3 is 29.3 Å². The lowest BCUT2D eigenvalue weighted by Crippen LogP contribution is -2.47. The number of fused-ring (bicyclic) bond motifs is 4. The minimum Gasteiger partial charge on any atom is -0.467 e. The first-order chi connectivity index (χ1) is 19.5. The fraction of sp³-hybridized carbons (Fsp3) is 0.433. The number of carbonyl (C=O) groups excluding carboxylic acids is 2. The first-order valence-corrected chi connectivity index (χ1v) is 14.0. The van der Waals surface area contributed by atoms with E-state index in [0.29, 0.717) is 55.7 Å². The number of aromatic nitrogens is 1. The average molecular weight is 546 g/mol. The number of benzene rings is 1. The van der Waals surface area contributed by atoms with Crippen LogP contribution in [-0.2, 0) is 22.6 Å². The maximum atomic E-state index is 13.1. The van der Waals surface area contributed by atoms with Crippen LogP contribution >= 0.6 is 0 Å². The highest BCUT2D eigenvalue weighted by atomic mass is 16.5. The Morgan fingerprint density at radius 2 is 1.88 bits per heavy atom. The van der Waals surface area contributed by atoms with Crippen LogP contribution in [0.25, 0.3) is 0 Å². The van der Waals surface area contributed by atoms with E-state index in [1.54, 1.807) is 30.5 Å². The molecular formula is C30H35N5O5. The predicted molar refractivity (Wildman–Crippen MR) is 151 cm³/mol. The maximum Gasteiger partial charge on any atom is 0.251 e. The third kappa shape index (κ3) is 5.83. The fourth-order valence-electron chi connectivity index (χ4n) is 6.13. The van der Waals surface area contributed by atoms with Gasteiger partial charge in [0, 0.05) is 68.9 Å². The number of hydrogen-bond acceptors (Lipinski definition) is 7. The summed E-state index contributed by atoms with van der Waals surface area (Å²) in [6.45, 7) is 6.17. The van der Waals surface area contributed by atoms with Gasteiger partial charge in [0.25, 0.3) is 11.5 Å². The molecule has 0 radical (unpaired) electrons. The number of ether oxygens (including phenoxy) is 1. The van der Waals surface area contributed by atoms with Gasteiger partial charge in [-0.1, -0.05) is 6.07 Å². The topological polar surface area (TPSA) is 109 Å². The normalized spacial score (nSPS) is 20.6. The molecule has 3 aliphatic heterocycles. The van der Waals surface area contributed by atoms with Gasteiger partial charge >= 0.3 is 0 Å². The molecule has 210 valence electrons. The molecule has 2 amide bonds. The summed E-state index contributed by atoms with van der Waals surface area (Å²) in [5.41, 5.74) is 3.11. The summed E-state index contributed by atoms with van der Waals surface area (Å²) in [7, 11) is 0. The Balaban J connectivity index is 1.22. The number of rotatable bonds is 8. The van der Waals surface area contributed by atoms with Gasteiger partial charge in [-0.25, -0.2) is 0 Å². The average Bonchev–Trinajstić information content (AvgIpc) is 3.50. The molecule has 0 aliphatic carbocycles. The van der Waals surface area contributed by atoms with Gasteiger partial charge in [-0.15, -0.1) is 0 Å². The van der Waals surface area contributed by atoms with Crippen LogP contribution < -0.4 is 21.1 Å². The van der Waals surface area contributed by atoms with E-state index in [2.05, 4.69) is 20.4 Å². The van der Waals surface area contributed by atoms with Crippen molar-refractivity contribution < 1.29 is 18.7 Å². The van der Waals surface area contributed by atoms with Crippen molar-refractivity contribution >= 4 is 23.2 Å². The van der Waals surface area contributed by atoms with Crippen molar-refractivity contribution in [3.8, 4) is 0 Å². The molecule has 1 aromatic carbocycles. The highest BCUT2D eigenvalue weighted by Crippen LogP contribution is 2.39. The molecule has 3 aliphatic rings. The molecule has 10 heteroatoms. The number of nitrogens with one attached hydrogen (secondary N) is 2. The molecule has 2 atom stereocenters. The van der Waals surface area contributed by atoms with Crippen molar-refractivity contribution in [3.63, 3.8) is 0 Å². The van der Waals surface area contributed by atoms with Crippen LogP contribution in [0, 0.1) is 5.92 Å². The van der Waals surface area contributed by atoms with Gasteiger partial charge in [0.2, 0.25) is 5.91 Å². The van der Waals surface area contributed by atoms with E-state index in [-0.39, 0.29) is 29.8 Å². The lowest BCUT2D eigenvalue weighted by Gasteiger charge is -2.44. The number of pyridine rings is 1. The number of piperidine rings is 1. The van der Waals surface area contributed by atoms with Gasteiger partial charge in [-0.05, 0) is 48.7 Å². The number of carbonyl (C=O) groups is 2. The zero-order valence-corrected chi connectivity index (χ0v) is 22.5. The van der Waals surface area contributed by atoms with Gasteiger partial charge in [0.15, 0.2) is 0 Å². The fourth-order valence-corrected chi connectivity index (χ4v) is 6.13. The van der Waals surface area contributed by atoms with Crippen molar-refractivity contribution in [2.24, 2.45) is 5.92 Å². The lowest BCUT2D eigenvalue weighted by molar-refractivity contribution is -0.116. The molecule has 2 saturated heterocycles. The third-order valence-electron chi connectivity index (χ3n) is 8.12. The van der Waals surface area contributed by atoms with Crippen molar-refractivity contribution in [1.82, 2.24) is 14.8 Å². The van der Waals surface area contributed by atoms with Gasteiger partial charge in [-0.2, -0.15) is 0 Å². The summed E-state index contributed by atoms with van der Waals surface area (Å²) >= 11 is 0. The highest BCUT2D eigenvalue weighted by molar-refractivity contribution is 6.00. The quantitative estimate of drug-likeness (QED) is 0.448. The molecule has 0 spiro atoms. The van der Waals surface area contributed by atoms with Gasteiger partial charge in [0.05, 0.1) is 37.4 Å². The molecule has 2 aromatic heterocycles. The molecule has 2 fully saturated rings. The lowest BCUT2D eigenvalue weighted by atomic mass is 9.83. The minimum absolute atomic E-state index is 0.0544.